The van der Waals surface area contributed by atoms with Crippen LogP contribution in [0.3, 0.4) is 0 Å². The molecular formula is C20H24BrClN2O2S2. The standard InChI is InChI=1S/C18H18BrClN2O2S2.C2H6/c1-10-14(19)15-16(26-10)12(8-13(20)21-15)22(9-11-6-5-7-25-11)17(23)24-18(2,3)4;1-2/h5-8H,9H2,1-4H3;1-2H3. The first-order valence-electron chi connectivity index (χ1n) is 8.94. The largest absolute Gasteiger partial charge is 0.443 e. The van der Waals surface area contributed by atoms with E-state index in [1.165, 1.54) is 0 Å². The van der Waals surface area contributed by atoms with Gasteiger partial charge in [-0.25, -0.2) is 9.78 Å². The van der Waals surface area contributed by atoms with E-state index in [-0.39, 0.29) is 0 Å². The summed E-state index contributed by atoms with van der Waals surface area (Å²) in [6, 6.07) is 5.69. The number of thiophene rings is 2. The van der Waals surface area contributed by atoms with Crippen LogP contribution in [-0.2, 0) is 11.3 Å². The van der Waals surface area contributed by atoms with Crippen molar-refractivity contribution in [1.82, 2.24) is 4.98 Å². The van der Waals surface area contributed by atoms with Crippen molar-refractivity contribution in [1.29, 1.82) is 0 Å². The normalized spacial score (nSPS) is 11.1. The van der Waals surface area contributed by atoms with Crippen LogP contribution in [0.5, 0.6) is 0 Å². The van der Waals surface area contributed by atoms with Crippen molar-refractivity contribution in [3.63, 3.8) is 0 Å². The van der Waals surface area contributed by atoms with Crippen LogP contribution in [0.25, 0.3) is 10.2 Å². The van der Waals surface area contributed by atoms with Crippen molar-refractivity contribution >= 4 is 72.2 Å². The predicted molar refractivity (Wildman–Crippen MR) is 125 cm³/mol. The van der Waals surface area contributed by atoms with Crippen LogP contribution in [0, 0.1) is 6.92 Å². The average Bonchev–Trinajstić information content (AvgIpc) is 3.22. The molecule has 28 heavy (non-hydrogen) atoms. The van der Waals surface area contributed by atoms with Crippen molar-refractivity contribution in [2.45, 2.75) is 53.7 Å². The smallest absolute Gasteiger partial charge is 0.415 e. The third kappa shape index (κ3) is 5.47. The Hall–Kier alpha value is -1.15. The molecule has 0 bridgehead atoms. The van der Waals surface area contributed by atoms with E-state index in [2.05, 4.69) is 20.9 Å². The predicted octanol–water partition coefficient (Wildman–Crippen LogP) is 8.05. The molecule has 3 heterocycles. The average molecular weight is 504 g/mol. The zero-order valence-corrected chi connectivity index (χ0v) is 20.8. The van der Waals surface area contributed by atoms with Crippen LogP contribution >= 0.6 is 50.2 Å². The highest BCUT2D eigenvalue weighted by Crippen LogP contribution is 2.41. The second kappa shape index (κ2) is 9.57. The van der Waals surface area contributed by atoms with E-state index in [1.54, 1.807) is 33.6 Å². The molecule has 1 amide bonds. The molecule has 3 aromatic heterocycles. The summed E-state index contributed by atoms with van der Waals surface area (Å²) in [5, 5.41) is 2.33. The van der Waals surface area contributed by atoms with Crippen LogP contribution in [-0.4, -0.2) is 16.7 Å². The molecule has 0 saturated heterocycles. The van der Waals surface area contributed by atoms with Gasteiger partial charge in [-0.05, 0) is 55.1 Å². The first kappa shape index (κ1) is 23.1. The van der Waals surface area contributed by atoms with Gasteiger partial charge in [0.2, 0.25) is 0 Å². The van der Waals surface area contributed by atoms with E-state index < -0.39 is 11.7 Å². The van der Waals surface area contributed by atoms with Crippen molar-refractivity contribution in [2.75, 3.05) is 4.90 Å². The fourth-order valence-electron chi connectivity index (χ4n) is 2.43. The molecule has 0 unspecified atom stereocenters. The maximum absolute atomic E-state index is 13.0. The number of hydrogen-bond donors (Lipinski definition) is 0. The number of ether oxygens (including phenoxy) is 1. The number of anilines is 1. The third-order valence-electron chi connectivity index (χ3n) is 3.49. The number of halogens is 2. The molecule has 8 heteroatoms. The van der Waals surface area contributed by atoms with Gasteiger partial charge in [0, 0.05) is 15.8 Å². The minimum Gasteiger partial charge on any atom is -0.443 e. The molecule has 4 nitrogen and oxygen atoms in total. The number of hydrogen-bond acceptors (Lipinski definition) is 5. The van der Waals surface area contributed by atoms with Crippen LogP contribution in [0.1, 0.15) is 44.4 Å². The topological polar surface area (TPSA) is 42.4 Å². The van der Waals surface area contributed by atoms with Crippen LogP contribution < -0.4 is 4.90 Å². The lowest BCUT2D eigenvalue weighted by Crippen LogP contribution is -2.36. The number of fused-ring (bicyclic) bond motifs is 1. The van der Waals surface area contributed by atoms with Crippen LogP contribution in [0.4, 0.5) is 10.5 Å². The molecule has 152 valence electrons. The van der Waals surface area contributed by atoms with E-state index >= 15 is 0 Å². The quantitative estimate of drug-likeness (QED) is 0.339. The lowest BCUT2D eigenvalue weighted by molar-refractivity contribution is 0.0578. The molecule has 0 radical (unpaired) electrons. The molecular weight excluding hydrogens is 480 g/mol. The summed E-state index contributed by atoms with van der Waals surface area (Å²) in [5.41, 5.74) is 0.878. The number of carbonyl (C=O) groups is 1. The molecule has 0 aliphatic carbocycles. The first-order valence-corrected chi connectivity index (χ1v) is 11.8. The Balaban J connectivity index is 0.00000136. The Morgan fingerprint density at radius 1 is 1.36 bits per heavy atom. The van der Waals surface area contributed by atoms with Gasteiger partial charge < -0.3 is 4.74 Å². The zero-order chi connectivity index (χ0) is 21.1. The van der Waals surface area contributed by atoms with Gasteiger partial charge in [-0.2, -0.15) is 0 Å². The minimum absolute atomic E-state index is 0.339. The molecule has 0 aliphatic heterocycles. The minimum atomic E-state index is -0.591. The third-order valence-corrected chi connectivity index (χ3v) is 6.90. The molecule has 0 saturated carbocycles. The molecule has 0 atom stereocenters. The number of nitrogens with zero attached hydrogens (tertiary/aromatic N) is 2. The summed E-state index contributed by atoms with van der Waals surface area (Å²) in [6.07, 6.45) is -0.406. The van der Waals surface area contributed by atoms with E-state index in [9.17, 15) is 4.79 Å². The van der Waals surface area contributed by atoms with E-state index in [0.717, 1.165) is 24.4 Å². The summed E-state index contributed by atoms with van der Waals surface area (Å²) >= 11 is 13.0. The van der Waals surface area contributed by atoms with E-state index in [0.29, 0.717) is 17.4 Å². The van der Waals surface area contributed by atoms with Gasteiger partial charge in [0.1, 0.15) is 10.8 Å². The second-order valence-corrected chi connectivity index (χ2v) is 10.2. The molecule has 3 rings (SSSR count). The number of aromatic nitrogens is 1. The maximum atomic E-state index is 13.0. The van der Waals surface area contributed by atoms with Gasteiger partial charge in [0.05, 0.1) is 26.9 Å². The van der Waals surface area contributed by atoms with Gasteiger partial charge in [-0.1, -0.05) is 31.5 Å². The Morgan fingerprint density at radius 3 is 2.61 bits per heavy atom. The fraction of sp³-hybridized carbons (Fsp3) is 0.400. The van der Waals surface area contributed by atoms with E-state index in [1.807, 2.05) is 59.1 Å². The van der Waals surface area contributed by atoms with E-state index in [4.69, 9.17) is 16.3 Å². The summed E-state index contributed by atoms with van der Waals surface area (Å²) in [4.78, 5) is 21.2. The highest BCUT2D eigenvalue weighted by Gasteiger charge is 2.27. The van der Waals surface area contributed by atoms with Gasteiger partial charge in [-0.15, -0.1) is 22.7 Å². The Kier molecular flexibility index (Phi) is 7.90. The molecule has 0 spiro atoms. The first-order chi connectivity index (χ1) is 13.2. The summed E-state index contributed by atoms with van der Waals surface area (Å²) < 4.78 is 7.46. The second-order valence-electron chi connectivity index (χ2n) is 6.76. The molecule has 0 aliphatic rings. The van der Waals surface area contributed by atoms with Gasteiger partial charge >= 0.3 is 6.09 Å². The Morgan fingerprint density at radius 2 is 2.04 bits per heavy atom. The zero-order valence-electron chi connectivity index (χ0n) is 16.8. The number of amides is 1. The van der Waals surface area contributed by atoms with Crippen molar-refractivity contribution < 1.29 is 9.53 Å². The van der Waals surface area contributed by atoms with Gasteiger partial charge in [0.15, 0.2) is 0 Å². The lowest BCUT2D eigenvalue weighted by Gasteiger charge is -2.27. The fourth-order valence-corrected chi connectivity index (χ4v) is 4.98. The Bertz CT molecular complexity index is 949. The number of carbonyl (C=O) groups excluding carboxylic acids is 1. The van der Waals surface area contributed by atoms with Crippen molar-refractivity contribution in [3.05, 3.63) is 43.0 Å². The summed E-state index contributed by atoms with van der Waals surface area (Å²) in [7, 11) is 0. The Labute approximate surface area is 187 Å². The molecule has 0 fully saturated rings. The van der Waals surface area contributed by atoms with Gasteiger partial charge in [0.25, 0.3) is 0 Å². The SMILES string of the molecule is CC.Cc1sc2c(N(Cc3cccs3)C(=O)OC(C)(C)C)cc(Cl)nc2c1Br. The lowest BCUT2D eigenvalue weighted by atomic mass is 10.2. The highest BCUT2D eigenvalue weighted by atomic mass is 79.9. The van der Waals surface area contributed by atoms with Crippen molar-refractivity contribution in [3.8, 4) is 0 Å². The number of pyridine rings is 1. The molecule has 3 aromatic rings. The van der Waals surface area contributed by atoms with Crippen LogP contribution in [0.15, 0.2) is 28.1 Å². The van der Waals surface area contributed by atoms with Crippen molar-refractivity contribution in [2.24, 2.45) is 0 Å². The van der Waals surface area contributed by atoms with Gasteiger partial charge in [-0.3, -0.25) is 4.90 Å². The van der Waals surface area contributed by atoms with Crippen LogP contribution in [0.2, 0.25) is 5.15 Å². The highest BCUT2D eigenvalue weighted by molar-refractivity contribution is 9.10. The number of rotatable bonds is 3. The summed E-state index contributed by atoms with van der Waals surface area (Å²) in [6.45, 7) is 12.0. The summed E-state index contributed by atoms with van der Waals surface area (Å²) in [5.74, 6) is 0. The molecule has 0 N–H and O–H groups in total. The maximum Gasteiger partial charge on any atom is 0.415 e. The molecule has 0 aromatic carbocycles. The number of aryl methyl sites for hydroxylation is 1. The monoisotopic (exact) mass is 502 g/mol.